The number of hydrogen-bond acceptors (Lipinski definition) is 2. The van der Waals surface area contributed by atoms with Gasteiger partial charge in [0.15, 0.2) is 0 Å². The highest BCUT2D eigenvalue weighted by Crippen LogP contribution is 2.23. The van der Waals surface area contributed by atoms with E-state index in [1.54, 1.807) is 18.2 Å². The summed E-state index contributed by atoms with van der Waals surface area (Å²) < 4.78 is 5.11. The molecule has 2 nitrogen and oxygen atoms in total. The monoisotopic (exact) mass is 177 g/mol. The first-order chi connectivity index (χ1) is 5.81. The van der Waals surface area contributed by atoms with Gasteiger partial charge in [-0.15, -0.1) is 0 Å². The van der Waals surface area contributed by atoms with Gasteiger partial charge in [0, 0.05) is 16.5 Å². The van der Waals surface area contributed by atoms with E-state index in [1.165, 1.54) is 6.26 Å². The molecular formula is C9H4ClNO. The molecular weight excluding hydrogens is 174 g/mol. The van der Waals surface area contributed by atoms with Crippen molar-refractivity contribution in [3.63, 3.8) is 0 Å². The molecule has 0 N–H and O–H groups in total. The second kappa shape index (κ2) is 2.54. The molecule has 0 unspecified atom stereocenters. The summed E-state index contributed by atoms with van der Waals surface area (Å²) in [7, 11) is 0. The van der Waals surface area contributed by atoms with Crippen LogP contribution in [0.4, 0.5) is 0 Å². The molecule has 0 spiro atoms. The molecule has 2 rings (SSSR count). The van der Waals surface area contributed by atoms with Crippen molar-refractivity contribution in [2.45, 2.75) is 0 Å². The summed E-state index contributed by atoms with van der Waals surface area (Å²) in [6.45, 7) is 0. The fourth-order valence-electron chi connectivity index (χ4n) is 1.09. The highest BCUT2D eigenvalue weighted by atomic mass is 35.5. The zero-order valence-electron chi connectivity index (χ0n) is 6.04. The topological polar surface area (TPSA) is 36.9 Å². The lowest BCUT2D eigenvalue weighted by atomic mass is 10.2. The Balaban J connectivity index is 2.84. The number of fused-ring (bicyclic) bond motifs is 1. The molecule has 1 heterocycles. The molecule has 0 atom stereocenters. The molecule has 3 heteroatoms. The van der Waals surface area contributed by atoms with Crippen LogP contribution in [-0.4, -0.2) is 0 Å². The van der Waals surface area contributed by atoms with Gasteiger partial charge in [0.1, 0.15) is 17.9 Å². The smallest absolute Gasteiger partial charge is 0.136 e. The number of halogens is 1. The van der Waals surface area contributed by atoms with Crippen LogP contribution in [-0.2, 0) is 0 Å². The van der Waals surface area contributed by atoms with Crippen LogP contribution in [0.3, 0.4) is 0 Å². The molecule has 0 amide bonds. The van der Waals surface area contributed by atoms with E-state index in [-0.39, 0.29) is 0 Å². The molecule has 0 radical (unpaired) electrons. The Morgan fingerprint density at radius 1 is 1.42 bits per heavy atom. The molecule has 12 heavy (non-hydrogen) atoms. The lowest BCUT2D eigenvalue weighted by molar-refractivity contribution is 0.614. The van der Waals surface area contributed by atoms with Crippen LogP contribution >= 0.6 is 11.6 Å². The van der Waals surface area contributed by atoms with E-state index >= 15 is 0 Å². The minimum absolute atomic E-state index is 0.543. The molecule has 1 aromatic heterocycles. The van der Waals surface area contributed by atoms with E-state index in [9.17, 15) is 0 Å². The van der Waals surface area contributed by atoms with Crippen molar-refractivity contribution in [1.29, 1.82) is 5.26 Å². The zero-order valence-corrected chi connectivity index (χ0v) is 6.80. The average molecular weight is 178 g/mol. The zero-order chi connectivity index (χ0) is 8.55. The largest absolute Gasteiger partial charge is 0.463 e. The summed E-state index contributed by atoms with van der Waals surface area (Å²) in [4.78, 5) is 0. The van der Waals surface area contributed by atoms with Gasteiger partial charge in [-0.25, -0.2) is 0 Å². The molecule has 0 aliphatic heterocycles. The first kappa shape index (κ1) is 7.20. The fourth-order valence-corrected chi connectivity index (χ4v) is 1.25. The third kappa shape index (κ3) is 0.956. The van der Waals surface area contributed by atoms with E-state index in [1.807, 2.05) is 6.07 Å². The first-order valence-electron chi connectivity index (χ1n) is 3.38. The second-order valence-electron chi connectivity index (χ2n) is 2.40. The van der Waals surface area contributed by atoms with Gasteiger partial charge in [-0.2, -0.15) is 5.26 Å². The molecule has 0 fully saturated rings. The van der Waals surface area contributed by atoms with E-state index in [4.69, 9.17) is 21.3 Å². The number of nitrogens with zero attached hydrogens (tertiary/aromatic N) is 1. The summed E-state index contributed by atoms with van der Waals surface area (Å²) in [6.07, 6.45) is 1.43. The Hall–Kier alpha value is -1.46. The highest BCUT2D eigenvalue weighted by Gasteiger charge is 2.04. The van der Waals surface area contributed by atoms with Crippen LogP contribution in [0.25, 0.3) is 11.0 Å². The Kier molecular flexibility index (Phi) is 1.53. The summed E-state index contributed by atoms with van der Waals surface area (Å²) in [5.41, 5.74) is 1.20. The minimum Gasteiger partial charge on any atom is -0.463 e. The number of furan rings is 1. The molecule has 2 aromatic rings. The maximum Gasteiger partial charge on any atom is 0.136 e. The van der Waals surface area contributed by atoms with Crippen molar-refractivity contribution < 1.29 is 4.42 Å². The lowest BCUT2D eigenvalue weighted by Crippen LogP contribution is -1.68. The summed E-state index contributed by atoms with van der Waals surface area (Å²) in [5, 5.41) is 10.1. The number of rotatable bonds is 0. The van der Waals surface area contributed by atoms with E-state index in [0.29, 0.717) is 16.2 Å². The standard InChI is InChI=1S/C9H4ClNO/c10-7-1-2-8-6(4-11)5-12-9(8)3-7/h1-3,5H. The maximum atomic E-state index is 8.65. The summed E-state index contributed by atoms with van der Waals surface area (Å²) in [5.74, 6) is 0. The van der Waals surface area contributed by atoms with Gasteiger partial charge < -0.3 is 4.42 Å². The van der Waals surface area contributed by atoms with Crippen LogP contribution in [0.5, 0.6) is 0 Å². The number of nitriles is 1. The lowest BCUT2D eigenvalue weighted by Gasteiger charge is -1.88. The van der Waals surface area contributed by atoms with Crippen LogP contribution in [0, 0.1) is 11.3 Å². The van der Waals surface area contributed by atoms with Crippen LogP contribution < -0.4 is 0 Å². The molecule has 0 saturated carbocycles. The Bertz CT molecular complexity index is 467. The quantitative estimate of drug-likeness (QED) is 0.620. The fraction of sp³-hybridized carbons (Fsp3) is 0. The van der Waals surface area contributed by atoms with Crippen molar-refractivity contribution >= 4 is 22.6 Å². The normalized spacial score (nSPS) is 10.0. The second-order valence-corrected chi connectivity index (χ2v) is 2.84. The van der Waals surface area contributed by atoms with Gasteiger partial charge in [-0.3, -0.25) is 0 Å². The third-order valence-electron chi connectivity index (χ3n) is 1.66. The van der Waals surface area contributed by atoms with Crippen LogP contribution in [0.1, 0.15) is 5.56 Å². The maximum absolute atomic E-state index is 8.65. The predicted octanol–water partition coefficient (Wildman–Crippen LogP) is 2.96. The van der Waals surface area contributed by atoms with E-state index in [2.05, 4.69) is 0 Å². The van der Waals surface area contributed by atoms with Crippen molar-refractivity contribution in [3.05, 3.63) is 35.0 Å². The molecule has 0 aliphatic carbocycles. The SMILES string of the molecule is N#Cc1coc2cc(Cl)ccc12. The highest BCUT2D eigenvalue weighted by molar-refractivity contribution is 6.31. The summed E-state index contributed by atoms with van der Waals surface area (Å²) >= 11 is 5.73. The van der Waals surface area contributed by atoms with Gasteiger partial charge in [0.05, 0.1) is 5.56 Å². The molecule has 0 bridgehead atoms. The van der Waals surface area contributed by atoms with Crippen molar-refractivity contribution in [3.8, 4) is 6.07 Å². The average Bonchev–Trinajstić information content (AvgIpc) is 2.46. The van der Waals surface area contributed by atoms with Gasteiger partial charge >= 0.3 is 0 Å². The van der Waals surface area contributed by atoms with Crippen molar-refractivity contribution in [2.75, 3.05) is 0 Å². The summed E-state index contributed by atoms with van der Waals surface area (Å²) in [6, 6.07) is 7.24. The molecule has 1 aromatic carbocycles. The predicted molar refractivity (Wildman–Crippen MR) is 45.9 cm³/mol. The van der Waals surface area contributed by atoms with E-state index in [0.717, 1.165) is 5.39 Å². The molecule has 0 aliphatic rings. The van der Waals surface area contributed by atoms with Crippen LogP contribution in [0.15, 0.2) is 28.9 Å². The number of benzene rings is 1. The van der Waals surface area contributed by atoms with Gasteiger partial charge in [-0.1, -0.05) is 11.6 Å². The first-order valence-corrected chi connectivity index (χ1v) is 3.76. The Morgan fingerprint density at radius 2 is 2.25 bits per heavy atom. The molecule has 58 valence electrons. The minimum atomic E-state index is 0.543. The van der Waals surface area contributed by atoms with Crippen molar-refractivity contribution in [1.82, 2.24) is 0 Å². The van der Waals surface area contributed by atoms with Crippen LogP contribution in [0.2, 0.25) is 5.02 Å². The molecule has 0 saturated heterocycles. The van der Waals surface area contributed by atoms with Gasteiger partial charge in [0.25, 0.3) is 0 Å². The van der Waals surface area contributed by atoms with E-state index < -0.39 is 0 Å². The Morgan fingerprint density at radius 3 is 3.00 bits per heavy atom. The van der Waals surface area contributed by atoms with Crippen molar-refractivity contribution in [2.24, 2.45) is 0 Å². The van der Waals surface area contributed by atoms with Gasteiger partial charge in [0.2, 0.25) is 0 Å². The van der Waals surface area contributed by atoms with Gasteiger partial charge in [-0.05, 0) is 12.1 Å². The third-order valence-corrected chi connectivity index (χ3v) is 1.89. The number of hydrogen-bond donors (Lipinski definition) is 0. The Labute approximate surface area is 74.0 Å².